The van der Waals surface area contributed by atoms with Crippen molar-refractivity contribution < 1.29 is 0 Å². The molecule has 9 heteroatoms. The van der Waals surface area contributed by atoms with Crippen LogP contribution in [0.1, 0.15) is 11.1 Å². The lowest BCUT2D eigenvalue weighted by Crippen LogP contribution is -2.39. The molecule has 0 saturated heterocycles. The summed E-state index contributed by atoms with van der Waals surface area (Å²) in [5.74, 6) is 1.32. The number of aromatic nitrogens is 3. The Morgan fingerprint density at radius 1 is 1.10 bits per heavy atom. The normalized spacial score (nSPS) is 11.3. The third-order valence-electron chi connectivity index (χ3n) is 4.20. The van der Waals surface area contributed by atoms with E-state index < -0.39 is 0 Å². The first-order valence-electron chi connectivity index (χ1n) is 9.19. The van der Waals surface area contributed by atoms with Crippen molar-refractivity contribution in [3.63, 3.8) is 0 Å². The number of guanidine groups is 1. The number of aliphatic imine (C=N–C) groups is 1. The van der Waals surface area contributed by atoms with Gasteiger partial charge in [0.25, 0.3) is 0 Å². The molecule has 0 spiro atoms. The Balaban J connectivity index is 1.47. The Morgan fingerprint density at radius 3 is 2.66 bits per heavy atom. The van der Waals surface area contributed by atoms with E-state index in [0.717, 1.165) is 12.5 Å². The Bertz CT molecular complexity index is 942. The van der Waals surface area contributed by atoms with Gasteiger partial charge in [-0.2, -0.15) is 5.10 Å². The number of hydrogen-bond acceptors (Lipinski definition) is 4. The van der Waals surface area contributed by atoms with Gasteiger partial charge in [-0.05, 0) is 23.3 Å². The predicted octanol–water partition coefficient (Wildman–Crippen LogP) is 3.41. The van der Waals surface area contributed by atoms with Crippen molar-refractivity contribution in [3.8, 4) is 0 Å². The van der Waals surface area contributed by atoms with Crippen molar-refractivity contribution in [1.29, 1.82) is 0 Å². The predicted molar refractivity (Wildman–Crippen MR) is 119 cm³/mol. The molecule has 0 amide bonds. The highest BCUT2D eigenvalue weighted by Crippen LogP contribution is 2.22. The van der Waals surface area contributed by atoms with Crippen LogP contribution in [0.3, 0.4) is 0 Å². The summed E-state index contributed by atoms with van der Waals surface area (Å²) in [5.41, 5.74) is 2.41. The highest BCUT2D eigenvalue weighted by atomic mass is 35.5. The second kappa shape index (κ2) is 10.7. The number of halogens is 2. The van der Waals surface area contributed by atoms with Gasteiger partial charge < -0.3 is 16.0 Å². The highest BCUT2D eigenvalue weighted by Gasteiger charge is 2.05. The third kappa shape index (κ3) is 6.37. The molecule has 3 rings (SSSR count). The monoisotopic (exact) mass is 431 g/mol. The van der Waals surface area contributed by atoms with Crippen LogP contribution in [0, 0.1) is 0 Å². The third-order valence-corrected chi connectivity index (χ3v) is 4.69. The molecule has 152 valence electrons. The molecule has 2 heterocycles. The maximum atomic E-state index is 6.11. The summed E-state index contributed by atoms with van der Waals surface area (Å²) in [6, 6.07) is 11.9. The topological polar surface area (TPSA) is 79.2 Å². The maximum Gasteiger partial charge on any atom is 0.191 e. The van der Waals surface area contributed by atoms with E-state index >= 15 is 0 Å². The molecule has 3 N–H and O–H groups in total. The molecule has 0 saturated carbocycles. The average Bonchev–Trinajstić information content (AvgIpc) is 3.23. The number of rotatable bonds is 8. The summed E-state index contributed by atoms with van der Waals surface area (Å²) in [5, 5.41) is 15.1. The van der Waals surface area contributed by atoms with Gasteiger partial charge in [0, 0.05) is 45.3 Å². The van der Waals surface area contributed by atoms with Gasteiger partial charge in [-0.1, -0.05) is 47.5 Å². The van der Waals surface area contributed by atoms with E-state index in [9.17, 15) is 0 Å². The van der Waals surface area contributed by atoms with E-state index in [-0.39, 0.29) is 0 Å². The number of benzene rings is 1. The fourth-order valence-electron chi connectivity index (χ4n) is 2.76. The summed E-state index contributed by atoms with van der Waals surface area (Å²) in [6.07, 6.45) is 5.30. The molecule has 3 aromatic rings. The van der Waals surface area contributed by atoms with Crippen LogP contribution >= 0.6 is 23.2 Å². The van der Waals surface area contributed by atoms with Gasteiger partial charge >= 0.3 is 0 Å². The van der Waals surface area contributed by atoms with E-state index in [1.165, 1.54) is 11.1 Å². The van der Waals surface area contributed by atoms with Gasteiger partial charge in [-0.3, -0.25) is 9.67 Å². The summed E-state index contributed by atoms with van der Waals surface area (Å²) in [7, 11) is 1.75. The molecule has 2 aromatic heterocycles. The van der Waals surface area contributed by atoms with Crippen molar-refractivity contribution in [1.82, 2.24) is 25.4 Å². The highest BCUT2D eigenvalue weighted by molar-refractivity contribution is 6.35. The van der Waals surface area contributed by atoms with Crippen LogP contribution < -0.4 is 16.0 Å². The van der Waals surface area contributed by atoms with E-state index in [1.807, 2.05) is 29.1 Å². The standard InChI is InChI=1S/C20H23Cl2N7/c1-23-20(25-9-8-24-19-18(22)11-17(21)13-26-19)27-12-15-5-2-3-6-16(15)14-29-10-4-7-28-29/h2-7,10-11,13H,8-9,12,14H2,1H3,(H,24,26)(H2,23,25,27). The SMILES string of the molecule is CN=C(NCCNc1ncc(Cl)cc1Cl)NCc1ccccc1Cn1cccn1. The zero-order valence-corrected chi connectivity index (χ0v) is 17.6. The molecular formula is C20H23Cl2N7. The lowest BCUT2D eigenvalue weighted by Gasteiger charge is -2.15. The summed E-state index contributed by atoms with van der Waals surface area (Å²) in [6.45, 7) is 2.67. The zero-order valence-electron chi connectivity index (χ0n) is 16.1. The molecule has 0 aliphatic carbocycles. The van der Waals surface area contributed by atoms with E-state index in [2.05, 4.69) is 43.2 Å². The van der Waals surface area contributed by atoms with Crippen molar-refractivity contribution in [2.75, 3.05) is 25.5 Å². The van der Waals surface area contributed by atoms with Gasteiger partial charge in [0.05, 0.1) is 16.6 Å². The van der Waals surface area contributed by atoms with E-state index in [4.69, 9.17) is 23.2 Å². The molecule has 7 nitrogen and oxygen atoms in total. The summed E-state index contributed by atoms with van der Waals surface area (Å²) < 4.78 is 1.91. The molecule has 29 heavy (non-hydrogen) atoms. The smallest absolute Gasteiger partial charge is 0.191 e. The average molecular weight is 432 g/mol. The Labute approximate surface area is 180 Å². The Morgan fingerprint density at radius 2 is 1.93 bits per heavy atom. The fourth-order valence-corrected chi connectivity index (χ4v) is 3.21. The van der Waals surface area contributed by atoms with Crippen LogP contribution in [0.4, 0.5) is 5.82 Å². The quantitative estimate of drug-likeness (QED) is 0.289. The van der Waals surface area contributed by atoms with Gasteiger partial charge in [0.2, 0.25) is 0 Å². The van der Waals surface area contributed by atoms with Crippen molar-refractivity contribution in [2.45, 2.75) is 13.1 Å². The van der Waals surface area contributed by atoms with Crippen molar-refractivity contribution in [2.24, 2.45) is 4.99 Å². The zero-order chi connectivity index (χ0) is 20.5. The number of anilines is 1. The van der Waals surface area contributed by atoms with Crippen LogP contribution in [-0.4, -0.2) is 40.9 Å². The minimum absolute atomic E-state index is 0.494. The molecule has 0 bridgehead atoms. The molecule has 0 aliphatic rings. The van der Waals surface area contributed by atoms with Crippen LogP contribution in [0.15, 0.2) is 60.0 Å². The molecule has 0 atom stereocenters. The van der Waals surface area contributed by atoms with Crippen LogP contribution in [0.25, 0.3) is 0 Å². The van der Waals surface area contributed by atoms with Crippen LogP contribution in [-0.2, 0) is 13.1 Å². The van der Waals surface area contributed by atoms with Gasteiger partial charge in [0.15, 0.2) is 5.96 Å². The number of hydrogen-bond donors (Lipinski definition) is 3. The summed E-state index contributed by atoms with van der Waals surface area (Å²) in [4.78, 5) is 8.45. The lowest BCUT2D eigenvalue weighted by molar-refractivity contribution is 0.677. The summed E-state index contributed by atoms with van der Waals surface area (Å²) >= 11 is 12.0. The number of pyridine rings is 1. The second-order valence-corrected chi connectivity index (χ2v) is 7.08. The van der Waals surface area contributed by atoms with Crippen molar-refractivity contribution in [3.05, 3.63) is 76.2 Å². The Hall–Kier alpha value is -2.77. The maximum absolute atomic E-state index is 6.11. The first-order chi connectivity index (χ1) is 14.2. The van der Waals surface area contributed by atoms with Crippen LogP contribution in [0.2, 0.25) is 10.0 Å². The largest absolute Gasteiger partial charge is 0.367 e. The first kappa shape index (κ1) is 21.0. The lowest BCUT2D eigenvalue weighted by atomic mass is 10.1. The molecule has 0 radical (unpaired) electrons. The number of nitrogens with one attached hydrogen (secondary N) is 3. The molecule has 0 fully saturated rings. The minimum atomic E-state index is 0.494. The van der Waals surface area contributed by atoms with Gasteiger partial charge in [-0.25, -0.2) is 4.98 Å². The fraction of sp³-hybridized carbons (Fsp3) is 0.250. The second-order valence-electron chi connectivity index (χ2n) is 6.24. The molecular weight excluding hydrogens is 409 g/mol. The number of nitrogens with zero attached hydrogens (tertiary/aromatic N) is 4. The van der Waals surface area contributed by atoms with Gasteiger partial charge in [0.1, 0.15) is 5.82 Å². The van der Waals surface area contributed by atoms with E-state index in [1.54, 1.807) is 25.5 Å². The van der Waals surface area contributed by atoms with Gasteiger partial charge in [-0.15, -0.1) is 0 Å². The van der Waals surface area contributed by atoms with Crippen LogP contribution in [0.5, 0.6) is 0 Å². The van der Waals surface area contributed by atoms with E-state index in [0.29, 0.717) is 35.5 Å². The molecule has 1 aromatic carbocycles. The molecule has 0 aliphatic heterocycles. The molecule has 0 unspecified atom stereocenters. The Kier molecular flexibility index (Phi) is 7.72. The first-order valence-corrected chi connectivity index (χ1v) is 9.95. The minimum Gasteiger partial charge on any atom is -0.367 e. The van der Waals surface area contributed by atoms with Crippen molar-refractivity contribution >= 4 is 35.0 Å².